The number of nitrogens with zero attached hydrogens (tertiary/aromatic N) is 1. The number of aromatic nitrogens is 2. The molecule has 1 unspecified atom stereocenters. The van der Waals surface area contributed by atoms with E-state index in [1.807, 2.05) is 18.3 Å². The van der Waals surface area contributed by atoms with Gasteiger partial charge >= 0.3 is 0 Å². The number of nitrogens with one attached hydrogen (secondary N) is 2. The summed E-state index contributed by atoms with van der Waals surface area (Å²) in [7, 11) is 0. The van der Waals surface area contributed by atoms with E-state index in [2.05, 4.69) is 58.8 Å². The highest BCUT2D eigenvalue weighted by molar-refractivity contribution is 5.81. The zero-order chi connectivity index (χ0) is 12.4. The largest absolute Gasteiger partial charge is 0.379 e. The minimum Gasteiger partial charge on any atom is -0.379 e. The van der Waals surface area contributed by atoms with Gasteiger partial charge in [-0.1, -0.05) is 30.3 Å². The van der Waals surface area contributed by atoms with Crippen LogP contribution in [0.1, 0.15) is 18.5 Å². The summed E-state index contributed by atoms with van der Waals surface area (Å²) in [6, 6.07) is 16.9. The first kappa shape index (κ1) is 10.8. The lowest BCUT2D eigenvalue weighted by molar-refractivity contribution is 0.885. The Balaban J connectivity index is 1.83. The van der Waals surface area contributed by atoms with Crippen LogP contribution in [0.2, 0.25) is 0 Å². The van der Waals surface area contributed by atoms with E-state index in [9.17, 15) is 0 Å². The van der Waals surface area contributed by atoms with Gasteiger partial charge in [0.1, 0.15) is 0 Å². The van der Waals surface area contributed by atoms with E-state index in [0.717, 1.165) is 16.6 Å². The van der Waals surface area contributed by atoms with Crippen LogP contribution in [0.3, 0.4) is 0 Å². The highest BCUT2D eigenvalue weighted by Crippen LogP contribution is 2.22. The van der Waals surface area contributed by atoms with Crippen LogP contribution in [0.15, 0.2) is 54.7 Å². The number of benzene rings is 2. The van der Waals surface area contributed by atoms with Crippen molar-refractivity contribution in [1.29, 1.82) is 0 Å². The predicted octanol–water partition coefficient (Wildman–Crippen LogP) is 3.74. The molecule has 3 aromatic rings. The van der Waals surface area contributed by atoms with Gasteiger partial charge in [-0.25, -0.2) is 0 Å². The van der Waals surface area contributed by atoms with Gasteiger partial charge in [-0.3, -0.25) is 5.10 Å². The molecule has 0 saturated carbocycles. The third kappa shape index (κ3) is 2.07. The second-order valence-electron chi connectivity index (χ2n) is 4.45. The van der Waals surface area contributed by atoms with E-state index < -0.39 is 0 Å². The molecule has 1 aromatic heterocycles. The number of fused-ring (bicyclic) bond motifs is 1. The first-order chi connectivity index (χ1) is 8.83. The van der Waals surface area contributed by atoms with Crippen LogP contribution in [0, 0.1) is 0 Å². The number of H-pyrrole nitrogens is 1. The summed E-state index contributed by atoms with van der Waals surface area (Å²) < 4.78 is 0. The molecule has 2 N–H and O–H groups in total. The molecule has 0 aliphatic rings. The molecule has 0 saturated heterocycles. The zero-order valence-corrected chi connectivity index (χ0v) is 10.2. The molecular formula is C15H15N3. The van der Waals surface area contributed by atoms with Gasteiger partial charge in [0.25, 0.3) is 0 Å². The maximum absolute atomic E-state index is 4.03. The zero-order valence-electron chi connectivity index (χ0n) is 10.2. The Bertz CT molecular complexity index is 643. The quantitative estimate of drug-likeness (QED) is 0.728. The first-order valence-corrected chi connectivity index (χ1v) is 6.07. The normalized spacial score (nSPS) is 12.5. The highest BCUT2D eigenvalue weighted by Gasteiger charge is 2.05. The Morgan fingerprint density at radius 2 is 1.94 bits per heavy atom. The fourth-order valence-corrected chi connectivity index (χ4v) is 2.11. The van der Waals surface area contributed by atoms with Crippen LogP contribution in [-0.2, 0) is 0 Å². The number of rotatable bonds is 3. The molecule has 90 valence electrons. The van der Waals surface area contributed by atoms with Gasteiger partial charge in [0.05, 0.1) is 11.7 Å². The average Bonchev–Trinajstić information content (AvgIpc) is 2.87. The molecule has 0 radical (unpaired) electrons. The fourth-order valence-electron chi connectivity index (χ4n) is 2.11. The Morgan fingerprint density at radius 1 is 1.11 bits per heavy atom. The van der Waals surface area contributed by atoms with E-state index in [1.54, 1.807) is 0 Å². The minimum absolute atomic E-state index is 0.288. The molecule has 3 nitrogen and oxygen atoms in total. The van der Waals surface area contributed by atoms with E-state index in [4.69, 9.17) is 0 Å². The van der Waals surface area contributed by atoms with Crippen molar-refractivity contribution in [3.05, 3.63) is 60.3 Å². The number of aromatic amines is 1. The van der Waals surface area contributed by atoms with E-state index in [1.165, 1.54) is 5.56 Å². The Kier molecular flexibility index (Phi) is 2.73. The Labute approximate surface area is 106 Å². The molecular weight excluding hydrogens is 222 g/mol. The van der Waals surface area contributed by atoms with Gasteiger partial charge in [0.15, 0.2) is 0 Å². The number of anilines is 1. The van der Waals surface area contributed by atoms with Crippen molar-refractivity contribution < 1.29 is 0 Å². The van der Waals surface area contributed by atoms with Crippen LogP contribution in [0.5, 0.6) is 0 Å². The van der Waals surface area contributed by atoms with Crippen molar-refractivity contribution in [3.63, 3.8) is 0 Å². The molecule has 0 spiro atoms. The lowest BCUT2D eigenvalue weighted by Crippen LogP contribution is -2.06. The molecule has 18 heavy (non-hydrogen) atoms. The average molecular weight is 237 g/mol. The molecule has 0 amide bonds. The predicted molar refractivity (Wildman–Crippen MR) is 74.6 cm³/mol. The van der Waals surface area contributed by atoms with E-state index >= 15 is 0 Å². The Hall–Kier alpha value is -2.29. The van der Waals surface area contributed by atoms with E-state index in [0.29, 0.717) is 0 Å². The van der Waals surface area contributed by atoms with Gasteiger partial charge in [-0.05, 0) is 30.7 Å². The lowest BCUT2D eigenvalue weighted by Gasteiger charge is -2.15. The monoisotopic (exact) mass is 237 g/mol. The van der Waals surface area contributed by atoms with Crippen molar-refractivity contribution in [1.82, 2.24) is 10.2 Å². The summed E-state index contributed by atoms with van der Waals surface area (Å²) >= 11 is 0. The van der Waals surface area contributed by atoms with Gasteiger partial charge in [-0.2, -0.15) is 5.10 Å². The molecule has 3 rings (SSSR count). The van der Waals surface area contributed by atoms with Crippen LogP contribution in [-0.4, -0.2) is 10.2 Å². The van der Waals surface area contributed by atoms with Crippen LogP contribution in [0.4, 0.5) is 5.69 Å². The van der Waals surface area contributed by atoms with Crippen molar-refractivity contribution in [2.24, 2.45) is 0 Å². The minimum atomic E-state index is 0.288. The van der Waals surface area contributed by atoms with Gasteiger partial charge in [-0.15, -0.1) is 0 Å². The van der Waals surface area contributed by atoms with Crippen molar-refractivity contribution in [3.8, 4) is 0 Å². The third-order valence-corrected chi connectivity index (χ3v) is 3.12. The number of hydrogen-bond donors (Lipinski definition) is 2. The SMILES string of the molecule is CC(Nc1ccc2[nH]ncc2c1)c1ccccc1. The first-order valence-electron chi connectivity index (χ1n) is 6.07. The smallest absolute Gasteiger partial charge is 0.0651 e. The molecule has 2 aromatic carbocycles. The summed E-state index contributed by atoms with van der Waals surface area (Å²) in [4.78, 5) is 0. The molecule has 3 heteroatoms. The molecule has 0 fully saturated rings. The highest BCUT2D eigenvalue weighted by atomic mass is 15.1. The lowest BCUT2D eigenvalue weighted by atomic mass is 10.1. The standard InChI is InChI=1S/C15H15N3/c1-11(12-5-3-2-4-6-12)17-14-7-8-15-13(9-14)10-16-18-15/h2-11,17H,1H3,(H,16,18). The summed E-state index contributed by atoms with van der Waals surface area (Å²) in [5, 5.41) is 11.6. The molecule has 0 aliphatic carbocycles. The van der Waals surface area contributed by atoms with Crippen molar-refractivity contribution in [2.75, 3.05) is 5.32 Å². The molecule has 1 atom stereocenters. The maximum Gasteiger partial charge on any atom is 0.0651 e. The van der Waals surface area contributed by atoms with Gasteiger partial charge < -0.3 is 5.32 Å². The Morgan fingerprint density at radius 3 is 2.78 bits per heavy atom. The van der Waals surface area contributed by atoms with Gasteiger partial charge in [0.2, 0.25) is 0 Å². The molecule has 0 bridgehead atoms. The third-order valence-electron chi connectivity index (χ3n) is 3.12. The number of hydrogen-bond acceptors (Lipinski definition) is 2. The summed E-state index contributed by atoms with van der Waals surface area (Å²) in [6.45, 7) is 2.16. The second-order valence-corrected chi connectivity index (χ2v) is 4.45. The van der Waals surface area contributed by atoms with E-state index in [-0.39, 0.29) is 6.04 Å². The molecule has 0 aliphatic heterocycles. The molecule has 1 heterocycles. The fraction of sp³-hybridized carbons (Fsp3) is 0.133. The summed E-state index contributed by atoms with van der Waals surface area (Å²) in [5.41, 5.74) is 3.46. The second kappa shape index (κ2) is 4.53. The van der Waals surface area contributed by atoms with Crippen molar-refractivity contribution in [2.45, 2.75) is 13.0 Å². The van der Waals surface area contributed by atoms with Crippen LogP contribution in [0.25, 0.3) is 10.9 Å². The van der Waals surface area contributed by atoms with Crippen molar-refractivity contribution >= 4 is 16.6 Å². The summed E-state index contributed by atoms with van der Waals surface area (Å²) in [5.74, 6) is 0. The van der Waals surface area contributed by atoms with Crippen LogP contribution >= 0.6 is 0 Å². The topological polar surface area (TPSA) is 40.7 Å². The van der Waals surface area contributed by atoms with Gasteiger partial charge in [0, 0.05) is 17.1 Å². The summed E-state index contributed by atoms with van der Waals surface area (Å²) in [6.07, 6.45) is 1.84. The van der Waals surface area contributed by atoms with Crippen LogP contribution < -0.4 is 5.32 Å². The maximum atomic E-state index is 4.03.